The summed E-state index contributed by atoms with van der Waals surface area (Å²) in [4.78, 5) is 0. The summed E-state index contributed by atoms with van der Waals surface area (Å²) in [6, 6.07) is 0. The first-order valence-corrected chi connectivity index (χ1v) is 5.36. The van der Waals surface area contributed by atoms with Crippen molar-refractivity contribution in [2.45, 2.75) is 24.0 Å². The Labute approximate surface area is 83.0 Å². The van der Waals surface area contributed by atoms with Crippen LogP contribution in [0.5, 0.6) is 0 Å². The number of fused-ring (bicyclic) bond motifs is 1. The highest BCUT2D eigenvalue weighted by molar-refractivity contribution is 7.50. The molecule has 0 aliphatic carbocycles. The van der Waals surface area contributed by atoms with Gasteiger partial charge in [-0.15, -0.1) is 0 Å². The van der Waals surface area contributed by atoms with Crippen LogP contribution in [0.2, 0.25) is 0 Å². The molecule has 1 unspecified atom stereocenters. The first kappa shape index (κ1) is 11.4. The van der Waals surface area contributed by atoms with Crippen LogP contribution in [0.25, 0.3) is 0 Å². The van der Waals surface area contributed by atoms with Crippen molar-refractivity contribution in [3.63, 3.8) is 0 Å². The van der Waals surface area contributed by atoms with E-state index in [1.54, 1.807) is 0 Å². The normalized spacial score (nSPS) is 52.3. The molecule has 88 valence electrons. The van der Waals surface area contributed by atoms with E-state index in [1.165, 1.54) is 0 Å². The molecule has 3 aliphatic rings. The Kier molecular flexibility index (Phi) is 2.26. The first-order chi connectivity index (χ1) is 6.76. The maximum Gasteiger partial charge on any atom is 0.486 e. The minimum absolute atomic E-state index is 0.910. The van der Waals surface area contributed by atoms with Gasteiger partial charge in [-0.3, -0.25) is 0 Å². The van der Waals surface area contributed by atoms with Gasteiger partial charge in [0.2, 0.25) is 0 Å². The number of phosphoric ester groups is 1. The molecule has 3 saturated heterocycles. The molecule has 3 heterocycles. The van der Waals surface area contributed by atoms with Crippen molar-refractivity contribution in [2.75, 3.05) is 6.61 Å². The highest BCUT2D eigenvalue weighted by Gasteiger charge is 2.82. The molecular weight excluding hydrogens is 235 g/mol. The van der Waals surface area contributed by atoms with Crippen molar-refractivity contribution < 1.29 is 43.7 Å². The summed E-state index contributed by atoms with van der Waals surface area (Å²) in [5.74, 6) is -5.69. The molecule has 0 saturated carbocycles. The SMILES string of the molecule is O=P12OC(O)(O1)[C@](O)(C(O)[C@@H](O)CO)O2. The average molecular weight is 244 g/mol. The van der Waals surface area contributed by atoms with E-state index in [1.807, 2.05) is 0 Å². The minimum atomic E-state index is -4.04. The molecule has 3 aliphatic heterocycles. The fraction of sp³-hybridized carbons (Fsp3) is 1.00. The zero-order valence-electron chi connectivity index (χ0n) is 7.18. The summed E-state index contributed by atoms with van der Waals surface area (Å²) in [5.41, 5.74) is 0. The highest BCUT2D eigenvalue weighted by atomic mass is 31.2. The van der Waals surface area contributed by atoms with Gasteiger partial charge in [0.1, 0.15) is 12.2 Å². The van der Waals surface area contributed by atoms with Crippen LogP contribution < -0.4 is 0 Å². The third kappa shape index (κ3) is 1.30. The van der Waals surface area contributed by atoms with Gasteiger partial charge in [-0.05, 0) is 0 Å². The van der Waals surface area contributed by atoms with Gasteiger partial charge < -0.3 is 25.5 Å². The summed E-state index contributed by atoms with van der Waals surface area (Å²) in [5, 5.41) is 45.8. The number of hydrogen-bond donors (Lipinski definition) is 5. The van der Waals surface area contributed by atoms with Gasteiger partial charge in [0.25, 0.3) is 5.79 Å². The van der Waals surface area contributed by atoms with Crippen LogP contribution in [0.15, 0.2) is 0 Å². The molecule has 0 radical (unpaired) electrons. The van der Waals surface area contributed by atoms with Crippen molar-refractivity contribution in [2.24, 2.45) is 0 Å². The summed E-state index contributed by atoms with van der Waals surface area (Å²) in [6.45, 7) is -0.910. The molecule has 3 atom stereocenters. The van der Waals surface area contributed by atoms with E-state index in [9.17, 15) is 19.9 Å². The van der Waals surface area contributed by atoms with Crippen molar-refractivity contribution in [3.8, 4) is 0 Å². The van der Waals surface area contributed by atoms with Gasteiger partial charge in [0.05, 0.1) is 6.61 Å². The molecule has 0 aromatic rings. The Morgan fingerprint density at radius 3 is 2.07 bits per heavy atom. The van der Waals surface area contributed by atoms with E-state index < -0.39 is 38.4 Å². The van der Waals surface area contributed by atoms with Crippen LogP contribution >= 0.6 is 7.82 Å². The van der Waals surface area contributed by atoms with Gasteiger partial charge in [-0.1, -0.05) is 0 Å². The van der Waals surface area contributed by atoms with E-state index in [0.29, 0.717) is 0 Å². The van der Waals surface area contributed by atoms with E-state index in [4.69, 9.17) is 10.2 Å². The predicted octanol–water partition coefficient (Wildman–Crippen LogP) is -2.78. The van der Waals surface area contributed by atoms with Crippen molar-refractivity contribution >= 4 is 7.82 Å². The van der Waals surface area contributed by atoms with Gasteiger partial charge in [-0.25, -0.2) is 18.1 Å². The second kappa shape index (κ2) is 2.98. The summed E-state index contributed by atoms with van der Waals surface area (Å²) < 4.78 is 23.8. The van der Waals surface area contributed by atoms with Crippen LogP contribution in [-0.2, 0) is 18.1 Å². The molecule has 10 heteroatoms. The van der Waals surface area contributed by atoms with Crippen LogP contribution in [0.3, 0.4) is 0 Å². The molecule has 9 nitrogen and oxygen atoms in total. The third-order valence-corrected chi connectivity index (χ3v) is 3.57. The lowest BCUT2D eigenvalue weighted by atomic mass is 10.0. The maximum absolute atomic E-state index is 11.1. The van der Waals surface area contributed by atoms with E-state index >= 15 is 0 Å². The van der Waals surface area contributed by atoms with Crippen molar-refractivity contribution in [3.05, 3.63) is 0 Å². The highest BCUT2D eigenvalue weighted by Crippen LogP contribution is 2.76. The topological polar surface area (TPSA) is 146 Å². The number of hydrogen-bond acceptors (Lipinski definition) is 9. The van der Waals surface area contributed by atoms with Gasteiger partial charge in [0.15, 0.2) is 0 Å². The van der Waals surface area contributed by atoms with E-state index in [2.05, 4.69) is 13.6 Å². The minimum Gasteiger partial charge on any atom is -0.394 e. The quantitative estimate of drug-likeness (QED) is 0.332. The Balaban J connectivity index is 2.25. The summed E-state index contributed by atoms with van der Waals surface area (Å²) >= 11 is 0. The largest absolute Gasteiger partial charge is 0.486 e. The maximum atomic E-state index is 11.1. The smallest absolute Gasteiger partial charge is 0.394 e. The molecular formula is C5H9O9P. The Morgan fingerprint density at radius 1 is 1.20 bits per heavy atom. The molecule has 5 N–H and O–H groups in total. The van der Waals surface area contributed by atoms with Gasteiger partial charge in [-0.2, -0.15) is 0 Å². The van der Waals surface area contributed by atoms with Crippen LogP contribution in [0.4, 0.5) is 0 Å². The van der Waals surface area contributed by atoms with Gasteiger partial charge in [0, 0.05) is 0 Å². The average Bonchev–Trinajstić information content (AvgIpc) is 2.43. The van der Waals surface area contributed by atoms with E-state index in [-0.39, 0.29) is 0 Å². The predicted molar refractivity (Wildman–Crippen MR) is 39.9 cm³/mol. The Bertz CT molecular complexity index is 320. The summed E-state index contributed by atoms with van der Waals surface area (Å²) in [7, 11) is -4.04. The lowest BCUT2D eigenvalue weighted by Crippen LogP contribution is -2.63. The number of aliphatic hydroxyl groups excluding tert-OH is 3. The van der Waals surface area contributed by atoms with Crippen LogP contribution in [-0.4, -0.2) is 56.1 Å². The molecule has 2 bridgehead atoms. The van der Waals surface area contributed by atoms with Crippen molar-refractivity contribution in [1.29, 1.82) is 0 Å². The zero-order valence-corrected chi connectivity index (χ0v) is 8.07. The lowest BCUT2D eigenvalue weighted by Gasteiger charge is -2.36. The fourth-order valence-electron chi connectivity index (χ4n) is 1.31. The molecule has 3 rings (SSSR count). The number of aliphatic hydroxyl groups is 5. The second-order valence-corrected chi connectivity index (χ2v) is 4.64. The monoisotopic (exact) mass is 244 g/mol. The molecule has 0 spiro atoms. The Hall–Kier alpha value is -0.0900. The van der Waals surface area contributed by atoms with Crippen LogP contribution in [0, 0.1) is 0 Å². The fourth-order valence-corrected chi connectivity index (χ4v) is 2.83. The molecule has 0 amide bonds. The van der Waals surface area contributed by atoms with Crippen molar-refractivity contribution in [1.82, 2.24) is 0 Å². The molecule has 3 fully saturated rings. The van der Waals surface area contributed by atoms with E-state index in [0.717, 1.165) is 0 Å². The number of rotatable bonds is 3. The lowest BCUT2D eigenvalue weighted by molar-refractivity contribution is -0.415. The summed E-state index contributed by atoms with van der Waals surface area (Å²) in [6.07, 6.45) is -3.97. The zero-order chi connectivity index (χ0) is 11.5. The van der Waals surface area contributed by atoms with Crippen LogP contribution in [0.1, 0.15) is 0 Å². The second-order valence-electron chi connectivity index (χ2n) is 3.19. The standard InChI is InChI=1S/C5H9O9P/c6-1-2(7)3(8)4(9)5(10)13-15(11,12-4)14-5/h2-3,6-10H,1H2/t2-,3?,4-,5?,15?/m0/s1. The third-order valence-electron chi connectivity index (χ3n) is 2.13. The van der Waals surface area contributed by atoms with Gasteiger partial charge >= 0.3 is 13.8 Å². The molecule has 0 aromatic carbocycles. The Morgan fingerprint density at radius 2 is 1.73 bits per heavy atom. The molecule has 15 heavy (non-hydrogen) atoms. The molecule has 0 aromatic heterocycles. The number of phosphoric acid groups is 1. The first-order valence-electron chi connectivity index (χ1n) is 3.90.